The van der Waals surface area contributed by atoms with Crippen molar-refractivity contribution in [1.29, 1.82) is 0 Å². The first-order valence-electron chi connectivity index (χ1n) is 12.1. The minimum absolute atomic E-state index is 0.608. The maximum absolute atomic E-state index is 7.22. The van der Waals surface area contributed by atoms with Crippen LogP contribution in [0.3, 0.4) is 0 Å². The third-order valence-electron chi connectivity index (χ3n) is 6.39. The Morgan fingerprint density at radius 2 is 0.594 bits per heavy atom. The minimum atomic E-state index is -2.65. The van der Waals surface area contributed by atoms with Gasteiger partial charge in [-0.2, -0.15) is 0 Å². The molecule has 1 fully saturated rings. The van der Waals surface area contributed by atoms with E-state index in [0.717, 1.165) is 48.4 Å². The Bertz CT molecular complexity index is 418. The largest absolute Gasteiger partial charge is 0.415 e. The van der Waals surface area contributed by atoms with Crippen LogP contribution in [0.25, 0.3) is 0 Å². The lowest BCUT2D eigenvalue weighted by Gasteiger charge is -2.53. The molecule has 8 nitrogen and oxygen atoms in total. The van der Waals surface area contributed by atoms with Crippen LogP contribution >= 0.6 is 0 Å². The number of rotatable bonds is 16. The van der Waals surface area contributed by atoms with Crippen molar-refractivity contribution in [2.45, 2.75) is 76.0 Å². The zero-order valence-corrected chi connectivity index (χ0v) is 25.8. The molecule has 0 spiro atoms. The van der Waals surface area contributed by atoms with E-state index in [0.29, 0.717) is 26.4 Å². The predicted molar refractivity (Wildman–Crippen MR) is 136 cm³/mol. The molecule has 0 unspecified atom stereocenters. The van der Waals surface area contributed by atoms with Crippen LogP contribution in [0.1, 0.15) is 27.7 Å². The maximum Gasteiger partial charge on any atom is 0.322 e. The van der Waals surface area contributed by atoms with Crippen molar-refractivity contribution >= 4 is 34.2 Å². The van der Waals surface area contributed by atoms with E-state index in [2.05, 4.69) is 27.7 Å². The molecule has 0 aromatic carbocycles. The molecule has 1 aliphatic rings. The smallest absolute Gasteiger partial charge is 0.322 e. The third kappa shape index (κ3) is 8.34. The van der Waals surface area contributed by atoms with Gasteiger partial charge in [-0.1, -0.05) is 27.7 Å². The van der Waals surface area contributed by atoms with Crippen LogP contribution in [0, 0.1) is 0 Å². The standard InChI is InChI=1S/C20H48O8Si4/c1-9-29(17-13-21-5)25-30(10-2,18-14-22-6)27-32(12-4,20-16-24-8)28-31(11-3,26-29)19-15-23-7/h9-20H2,1-8H3. The van der Waals surface area contributed by atoms with Gasteiger partial charge in [0, 0.05) is 79.0 Å². The summed E-state index contributed by atoms with van der Waals surface area (Å²) in [7, 11) is -3.67. The van der Waals surface area contributed by atoms with E-state index in [9.17, 15) is 0 Å². The first kappa shape index (κ1) is 30.6. The van der Waals surface area contributed by atoms with Crippen molar-refractivity contribution in [1.82, 2.24) is 0 Å². The van der Waals surface area contributed by atoms with Gasteiger partial charge in [0.2, 0.25) is 0 Å². The number of hydrogen-bond acceptors (Lipinski definition) is 8. The first-order valence-corrected chi connectivity index (χ1v) is 21.0. The molecule has 1 heterocycles. The maximum atomic E-state index is 7.22. The van der Waals surface area contributed by atoms with Gasteiger partial charge < -0.3 is 35.4 Å². The second-order valence-electron chi connectivity index (χ2n) is 8.44. The molecule has 0 N–H and O–H groups in total. The van der Waals surface area contributed by atoms with Crippen molar-refractivity contribution in [2.75, 3.05) is 54.9 Å². The molecule has 192 valence electrons. The molecular weight excluding hydrogens is 481 g/mol. The van der Waals surface area contributed by atoms with Crippen LogP contribution < -0.4 is 0 Å². The number of hydrogen-bond donors (Lipinski definition) is 0. The van der Waals surface area contributed by atoms with Gasteiger partial charge in [-0.3, -0.25) is 0 Å². The molecule has 0 aliphatic carbocycles. The summed E-state index contributed by atoms with van der Waals surface area (Å²) in [5.41, 5.74) is 0. The van der Waals surface area contributed by atoms with Gasteiger partial charge in [0.1, 0.15) is 0 Å². The van der Waals surface area contributed by atoms with Crippen LogP contribution in [0.5, 0.6) is 0 Å². The number of methoxy groups -OCH3 is 4. The SMILES string of the molecule is CC[Si]1(CCOC)O[Si](CC)(CCOC)O[Si](CC)(CCOC)O[Si](CC)(CCOC)O1. The minimum Gasteiger partial charge on any atom is -0.415 e. The van der Waals surface area contributed by atoms with Crippen molar-refractivity contribution in [3.05, 3.63) is 0 Å². The lowest BCUT2D eigenvalue weighted by molar-refractivity contribution is 0.158. The molecule has 12 heteroatoms. The summed E-state index contributed by atoms with van der Waals surface area (Å²) >= 11 is 0. The van der Waals surface area contributed by atoms with E-state index >= 15 is 0 Å². The molecule has 0 saturated carbocycles. The van der Waals surface area contributed by atoms with Gasteiger partial charge in [0.15, 0.2) is 0 Å². The summed E-state index contributed by atoms with van der Waals surface area (Å²) < 4.78 is 50.9. The molecule has 0 radical (unpaired) electrons. The molecule has 0 aromatic heterocycles. The van der Waals surface area contributed by atoms with Crippen LogP contribution in [-0.2, 0) is 35.4 Å². The second-order valence-corrected chi connectivity index (χ2v) is 23.8. The van der Waals surface area contributed by atoms with Crippen molar-refractivity contribution < 1.29 is 35.4 Å². The topological polar surface area (TPSA) is 73.8 Å². The lowest BCUT2D eigenvalue weighted by Crippen LogP contribution is -2.70. The monoisotopic (exact) mass is 528 g/mol. The Hall–Kier alpha value is 0.548. The van der Waals surface area contributed by atoms with Crippen LogP contribution in [0.4, 0.5) is 0 Å². The molecule has 32 heavy (non-hydrogen) atoms. The number of ether oxygens (including phenoxy) is 4. The van der Waals surface area contributed by atoms with Crippen LogP contribution in [0.2, 0.25) is 48.4 Å². The predicted octanol–water partition coefficient (Wildman–Crippen LogP) is 4.50. The lowest BCUT2D eigenvalue weighted by atomic mass is 10.9. The van der Waals surface area contributed by atoms with E-state index in [1.807, 2.05) is 0 Å². The second kappa shape index (κ2) is 14.8. The first-order chi connectivity index (χ1) is 15.3. The highest BCUT2D eigenvalue weighted by Crippen LogP contribution is 2.42. The van der Waals surface area contributed by atoms with E-state index in [4.69, 9.17) is 35.4 Å². The Kier molecular flexibility index (Phi) is 14.2. The van der Waals surface area contributed by atoms with Crippen molar-refractivity contribution in [3.63, 3.8) is 0 Å². The fraction of sp³-hybridized carbons (Fsp3) is 1.00. The quantitative estimate of drug-likeness (QED) is 0.271. The van der Waals surface area contributed by atoms with E-state index in [1.165, 1.54) is 0 Å². The van der Waals surface area contributed by atoms with Gasteiger partial charge in [0.05, 0.1) is 0 Å². The summed E-state index contributed by atoms with van der Waals surface area (Å²) in [6, 6.07) is 6.45. The zero-order chi connectivity index (χ0) is 24.1. The van der Waals surface area contributed by atoms with E-state index in [1.54, 1.807) is 28.4 Å². The summed E-state index contributed by atoms with van der Waals surface area (Å²) in [5, 5.41) is 0. The van der Waals surface area contributed by atoms with Crippen LogP contribution in [-0.4, -0.2) is 89.1 Å². The molecule has 1 rings (SSSR count). The molecule has 0 atom stereocenters. The normalized spacial score (nSPS) is 33.8. The summed E-state index contributed by atoms with van der Waals surface area (Å²) in [4.78, 5) is 0. The van der Waals surface area contributed by atoms with Gasteiger partial charge >= 0.3 is 34.2 Å². The molecule has 1 aliphatic heterocycles. The van der Waals surface area contributed by atoms with Gasteiger partial charge in [-0.05, 0) is 24.2 Å². The summed E-state index contributed by atoms with van der Waals surface area (Å²) in [6.45, 7) is 11.1. The molecule has 0 amide bonds. The molecule has 0 bridgehead atoms. The molecule has 1 saturated heterocycles. The Morgan fingerprint density at radius 1 is 0.406 bits per heavy atom. The fourth-order valence-corrected chi connectivity index (χ4v) is 28.5. The average Bonchev–Trinajstić information content (AvgIpc) is 2.81. The van der Waals surface area contributed by atoms with E-state index < -0.39 is 34.2 Å². The fourth-order valence-electron chi connectivity index (χ4n) is 4.16. The highest BCUT2D eigenvalue weighted by molar-refractivity contribution is 6.95. The van der Waals surface area contributed by atoms with Gasteiger partial charge in [-0.15, -0.1) is 0 Å². The van der Waals surface area contributed by atoms with Crippen LogP contribution in [0.15, 0.2) is 0 Å². The zero-order valence-electron chi connectivity index (χ0n) is 21.8. The highest BCUT2D eigenvalue weighted by atomic mass is 28.5. The Labute approximate surface area is 200 Å². The average molecular weight is 529 g/mol. The van der Waals surface area contributed by atoms with Crippen molar-refractivity contribution in [2.24, 2.45) is 0 Å². The summed E-state index contributed by atoms with van der Waals surface area (Å²) in [5.74, 6) is 0. The third-order valence-corrected chi connectivity index (χ3v) is 26.5. The molecule has 0 aromatic rings. The van der Waals surface area contributed by atoms with Gasteiger partial charge in [-0.25, -0.2) is 0 Å². The molecular formula is C20H48O8Si4. The summed E-state index contributed by atoms with van der Waals surface area (Å²) in [6.07, 6.45) is 0. The highest BCUT2D eigenvalue weighted by Gasteiger charge is 2.60. The Balaban J connectivity index is 3.59. The van der Waals surface area contributed by atoms with E-state index in [-0.39, 0.29) is 0 Å². The Morgan fingerprint density at radius 3 is 0.719 bits per heavy atom. The van der Waals surface area contributed by atoms with Gasteiger partial charge in [0.25, 0.3) is 0 Å². The van der Waals surface area contributed by atoms with Crippen molar-refractivity contribution in [3.8, 4) is 0 Å².